The smallest absolute Gasteiger partial charge is 0.315 e. The Bertz CT molecular complexity index is 321. The molecule has 0 saturated heterocycles. The first-order valence-electron chi connectivity index (χ1n) is 5.86. The van der Waals surface area contributed by atoms with Gasteiger partial charge in [-0.15, -0.1) is 0 Å². The number of ether oxygens (including phenoxy) is 1. The first-order chi connectivity index (χ1) is 8.05. The van der Waals surface area contributed by atoms with Gasteiger partial charge in [0.25, 0.3) is 0 Å². The van der Waals surface area contributed by atoms with Crippen LogP contribution in [0, 0.1) is 5.41 Å². The van der Waals surface area contributed by atoms with Crippen LogP contribution in [-0.2, 0) is 9.53 Å². The summed E-state index contributed by atoms with van der Waals surface area (Å²) >= 11 is 0. The normalized spacial score (nSPS) is 29.0. The Morgan fingerprint density at radius 2 is 2.06 bits per heavy atom. The zero-order valence-electron chi connectivity index (χ0n) is 9.86. The molecular weight excluding hydrogens is 224 g/mol. The number of carbonyl (C=O) groups is 2. The van der Waals surface area contributed by atoms with Crippen molar-refractivity contribution in [2.24, 2.45) is 5.41 Å². The third-order valence-corrected chi connectivity index (χ3v) is 3.66. The molecule has 2 aliphatic carbocycles. The molecule has 0 bridgehead atoms. The van der Waals surface area contributed by atoms with Crippen molar-refractivity contribution in [1.82, 2.24) is 10.6 Å². The summed E-state index contributed by atoms with van der Waals surface area (Å²) in [5, 5.41) is 14.4. The van der Waals surface area contributed by atoms with Gasteiger partial charge in [-0.05, 0) is 25.7 Å². The Hall–Kier alpha value is -1.30. The van der Waals surface area contributed by atoms with Crippen molar-refractivity contribution in [2.75, 3.05) is 13.7 Å². The van der Waals surface area contributed by atoms with Crippen LogP contribution in [0.15, 0.2) is 0 Å². The molecule has 0 radical (unpaired) electrons. The van der Waals surface area contributed by atoms with Crippen molar-refractivity contribution in [3.63, 3.8) is 0 Å². The average molecular weight is 242 g/mol. The van der Waals surface area contributed by atoms with Gasteiger partial charge in [0, 0.05) is 19.7 Å². The second kappa shape index (κ2) is 4.52. The Morgan fingerprint density at radius 1 is 1.41 bits per heavy atom. The maximum Gasteiger partial charge on any atom is 0.315 e. The number of hydrogen-bond donors (Lipinski definition) is 3. The van der Waals surface area contributed by atoms with E-state index in [-0.39, 0.29) is 24.7 Å². The molecule has 96 valence electrons. The number of urea groups is 1. The molecule has 0 atom stereocenters. The number of nitrogens with one attached hydrogen (secondary N) is 2. The van der Waals surface area contributed by atoms with Crippen LogP contribution in [0.3, 0.4) is 0 Å². The molecule has 6 heteroatoms. The van der Waals surface area contributed by atoms with Gasteiger partial charge < -0.3 is 20.5 Å². The van der Waals surface area contributed by atoms with Gasteiger partial charge in [0.05, 0.1) is 11.5 Å². The van der Waals surface area contributed by atoms with Gasteiger partial charge in [0.2, 0.25) is 0 Å². The van der Waals surface area contributed by atoms with E-state index in [0.717, 1.165) is 12.8 Å². The first kappa shape index (κ1) is 12.2. The van der Waals surface area contributed by atoms with E-state index >= 15 is 0 Å². The van der Waals surface area contributed by atoms with E-state index in [2.05, 4.69) is 10.6 Å². The van der Waals surface area contributed by atoms with E-state index in [1.807, 2.05) is 0 Å². The maximum atomic E-state index is 11.5. The molecule has 0 spiro atoms. The summed E-state index contributed by atoms with van der Waals surface area (Å²) < 4.78 is 5.10. The number of carboxylic acids is 1. The lowest BCUT2D eigenvalue weighted by atomic mass is 9.89. The zero-order valence-corrected chi connectivity index (χ0v) is 9.86. The lowest BCUT2D eigenvalue weighted by Crippen LogP contribution is -2.51. The van der Waals surface area contributed by atoms with Crippen LogP contribution in [0.2, 0.25) is 0 Å². The molecule has 2 fully saturated rings. The maximum absolute atomic E-state index is 11.5. The molecule has 2 aliphatic rings. The van der Waals surface area contributed by atoms with Crippen molar-refractivity contribution in [2.45, 2.75) is 37.8 Å². The number of carbonyl (C=O) groups excluding carboxylic acids is 1. The molecular formula is C11H18N2O4. The van der Waals surface area contributed by atoms with E-state index in [9.17, 15) is 9.59 Å². The van der Waals surface area contributed by atoms with Gasteiger partial charge >= 0.3 is 12.0 Å². The molecule has 0 aromatic heterocycles. The van der Waals surface area contributed by atoms with Crippen molar-refractivity contribution in [1.29, 1.82) is 0 Å². The third kappa shape index (κ3) is 2.69. The minimum absolute atomic E-state index is 0.153. The SMILES string of the molecule is COC1CC(NC(=O)NCC2(C(=O)O)CC2)C1. The van der Waals surface area contributed by atoms with Crippen molar-refractivity contribution < 1.29 is 19.4 Å². The molecule has 2 amide bonds. The summed E-state index contributed by atoms with van der Waals surface area (Å²) in [5.74, 6) is -0.819. The number of methoxy groups -OCH3 is 1. The second-order valence-corrected chi connectivity index (χ2v) is 4.94. The van der Waals surface area contributed by atoms with Crippen LogP contribution >= 0.6 is 0 Å². The van der Waals surface area contributed by atoms with Crippen molar-refractivity contribution >= 4 is 12.0 Å². The Morgan fingerprint density at radius 3 is 2.53 bits per heavy atom. The van der Waals surface area contributed by atoms with Gasteiger partial charge in [0.15, 0.2) is 0 Å². The Labute approximate surface area is 99.7 Å². The lowest BCUT2D eigenvalue weighted by Gasteiger charge is -2.34. The molecule has 0 unspecified atom stereocenters. The molecule has 0 aliphatic heterocycles. The van der Waals surface area contributed by atoms with E-state index in [1.54, 1.807) is 7.11 Å². The summed E-state index contributed by atoms with van der Waals surface area (Å²) in [5.41, 5.74) is -0.702. The monoisotopic (exact) mass is 242 g/mol. The van der Waals surface area contributed by atoms with Crippen LogP contribution in [0.25, 0.3) is 0 Å². The molecule has 2 rings (SSSR count). The van der Waals surface area contributed by atoms with Crippen LogP contribution in [0.5, 0.6) is 0 Å². The summed E-state index contributed by atoms with van der Waals surface area (Å²) in [7, 11) is 1.66. The lowest BCUT2D eigenvalue weighted by molar-refractivity contribution is -0.143. The van der Waals surface area contributed by atoms with Gasteiger partial charge in [-0.25, -0.2) is 4.79 Å². The molecule has 0 aromatic carbocycles. The van der Waals surface area contributed by atoms with Crippen LogP contribution in [0.4, 0.5) is 4.79 Å². The summed E-state index contributed by atoms with van der Waals surface area (Å²) in [4.78, 5) is 22.4. The van der Waals surface area contributed by atoms with Crippen LogP contribution in [-0.4, -0.2) is 42.9 Å². The van der Waals surface area contributed by atoms with E-state index in [4.69, 9.17) is 9.84 Å². The predicted octanol–water partition coefficient (Wildman–Crippen LogP) is 0.328. The molecule has 6 nitrogen and oxygen atoms in total. The molecule has 3 N–H and O–H groups in total. The molecule has 0 heterocycles. The summed E-state index contributed by atoms with van der Waals surface area (Å²) in [6.07, 6.45) is 3.20. The van der Waals surface area contributed by atoms with Crippen LogP contribution < -0.4 is 10.6 Å². The van der Waals surface area contributed by atoms with Gasteiger partial charge in [0.1, 0.15) is 0 Å². The number of carboxylic acid groups (broad SMARTS) is 1. The number of aliphatic carboxylic acids is 1. The standard InChI is InChI=1S/C11H18N2O4/c1-17-8-4-7(5-8)13-10(16)12-6-11(2-3-11)9(14)15/h7-8H,2-6H2,1H3,(H,14,15)(H2,12,13,16). The minimum atomic E-state index is -0.819. The highest BCUT2D eigenvalue weighted by atomic mass is 16.5. The van der Waals surface area contributed by atoms with E-state index in [1.165, 1.54) is 0 Å². The van der Waals surface area contributed by atoms with Gasteiger partial charge in [-0.2, -0.15) is 0 Å². The quantitative estimate of drug-likeness (QED) is 0.648. The topological polar surface area (TPSA) is 87.7 Å². The first-order valence-corrected chi connectivity index (χ1v) is 5.86. The van der Waals surface area contributed by atoms with E-state index < -0.39 is 11.4 Å². The zero-order chi connectivity index (χ0) is 12.5. The van der Waals surface area contributed by atoms with E-state index in [0.29, 0.717) is 12.8 Å². The summed E-state index contributed by atoms with van der Waals surface area (Å²) in [6, 6.07) is -0.128. The number of hydrogen-bond acceptors (Lipinski definition) is 3. The second-order valence-electron chi connectivity index (χ2n) is 4.94. The minimum Gasteiger partial charge on any atom is -0.481 e. The average Bonchev–Trinajstić information content (AvgIpc) is 3.01. The third-order valence-electron chi connectivity index (χ3n) is 3.66. The Kier molecular flexibility index (Phi) is 3.24. The highest BCUT2D eigenvalue weighted by Crippen LogP contribution is 2.45. The fourth-order valence-corrected chi connectivity index (χ4v) is 1.98. The molecule has 2 saturated carbocycles. The van der Waals surface area contributed by atoms with Crippen molar-refractivity contribution in [3.05, 3.63) is 0 Å². The Balaban J connectivity index is 1.64. The number of rotatable bonds is 5. The predicted molar refractivity (Wildman–Crippen MR) is 59.7 cm³/mol. The van der Waals surface area contributed by atoms with Gasteiger partial charge in [-0.1, -0.05) is 0 Å². The molecule has 17 heavy (non-hydrogen) atoms. The molecule has 0 aromatic rings. The highest BCUT2D eigenvalue weighted by molar-refractivity contribution is 5.80. The fourth-order valence-electron chi connectivity index (χ4n) is 1.98. The number of amides is 2. The van der Waals surface area contributed by atoms with Gasteiger partial charge in [-0.3, -0.25) is 4.79 Å². The van der Waals surface area contributed by atoms with Crippen LogP contribution in [0.1, 0.15) is 25.7 Å². The highest BCUT2D eigenvalue weighted by Gasteiger charge is 2.50. The summed E-state index contributed by atoms with van der Waals surface area (Å²) in [6.45, 7) is 0.217. The fraction of sp³-hybridized carbons (Fsp3) is 0.818. The van der Waals surface area contributed by atoms with Crippen molar-refractivity contribution in [3.8, 4) is 0 Å². The largest absolute Gasteiger partial charge is 0.481 e.